The predicted octanol–water partition coefficient (Wildman–Crippen LogP) is 2.63. The molecule has 1 aliphatic heterocycles. The SMILES string of the molecule is COc1ccc(CC(=O)O)cc1S(=O)(=O)N1C[C@@H](C)c2ccccc21. The first-order valence-electron chi connectivity index (χ1n) is 7.85. The first-order valence-corrected chi connectivity index (χ1v) is 9.29. The molecule has 0 bridgehead atoms. The van der Waals surface area contributed by atoms with Crippen LogP contribution in [0.4, 0.5) is 5.69 Å². The Kier molecular flexibility index (Phi) is 4.43. The van der Waals surface area contributed by atoms with Gasteiger partial charge in [-0.05, 0) is 29.3 Å². The Morgan fingerprint density at radius 1 is 1.28 bits per heavy atom. The highest BCUT2D eigenvalue weighted by Crippen LogP contribution is 2.40. The quantitative estimate of drug-likeness (QED) is 0.885. The molecule has 0 amide bonds. The van der Waals surface area contributed by atoms with Crippen LogP contribution in [-0.2, 0) is 21.2 Å². The zero-order valence-electron chi connectivity index (χ0n) is 14.0. The molecule has 6 nitrogen and oxygen atoms in total. The standard InChI is InChI=1S/C18H19NO5S/c1-12-11-19(15-6-4-3-5-14(12)15)25(22,23)17-9-13(10-18(20)21)7-8-16(17)24-2/h3-9,12H,10-11H2,1-2H3,(H,20,21)/t12-/m1/s1. The highest BCUT2D eigenvalue weighted by molar-refractivity contribution is 7.93. The number of rotatable bonds is 5. The van der Waals surface area contributed by atoms with Crippen molar-refractivity contribution in [2.24, 2.45) is 0 Å². The van der Waals surface area contributed by atoms with E-state index in [0.29, 0.717) is 17.8 Å². The summed E-state index contributed by atoms with van der Waals surface area (Å²) >= 11 is 0. The number of sulfonamides is 1. The van der Waals surface area contributed by atoms with E-state index in [1.807, 2.05) is 19.1 Å². The van der Waals surface area contributed by atoms with E-state index in [-0.39, 0.29) is 23.0 Å². The molecule has 0 aromatic heterocycles. The van der Waals surface area contributed by atoms with Crippen molar-refractivity contribution >= 4 is 21.7 Å². The van der Waals surface area contributed by atoms with Gasteiger partial charge in [0.2, 0.25) is 0 Å². The number of carboxylic acids is 1. The summed E-state index contributed by atoms with van der Waals surface area (Å²) in [6, 6.07) is 11.8. The third-order valence-corrected chi connectivity index (χ3v) is 6.13. The maximum absolute atomic E-state index is 13.3. The number of para-hydroxylation sites is 1. The molecule has 0 unspecified atom stereocenters. The molecule has 0 radical (unpaired) electrons. The van der Waals surface area contributed by atoms with Gasteiger partial charge in [-0.15, -0.1) is 0 Å². The molecule has 2 aromatic rings. The van der Waals surface area contributed by atoms with Crippen LogP contribution in [0.15, 0.2) is 47.4 Å². The molecular formula is C18H19NO5S. The Labute approximate surface area is 146 Å². The Morgan fingerprint density at radius 3 is 2.68 bits per heavy atom. The third kappa shape index (κ3) is 3.07. The Bertz CT molecular complexity index is 923. The van der Waals surface area contributed by atoms with Crippen molar-refractivity contribution in [3.8, 4) is 5.75 Å². The minimum atomic E-state index is -3.87. The molecule has 1 aliphatic rings. The van der Waals surface area contributed by atoms with Crippen molar-refractivity contribution in [1.82, 2.24) is 0 Å². The number of carbonyl (C=O) groups is 1. The highest BCUT2D eigenvalue weighted by atomic mass is 32.2. The summed E-state index contributed by atoms with van der Waals surface area (Å²) in [7, 11) is -2.48. The lowest BCUT2D eigenvalue weighted by Gasteiger charge is -2.21. The van der Waals surface area contributed by atoms with E-state index in [9.17, 15) is 13.2 Å². The fourth-order valence-corrected chi connectivity index (χ4v) is 4.92. The number of fused-ring (bicyclic) bond motifs is 1. The molecule has 0 fully saturated rings. The van der Waals surface area contributed by atoms with E-state index in [1.54, 1.807) is 18.2 Å². The summed E-state index contributed by atoms with van der Waals surface area (Å²) in [5.74, 6) is -0.737. The molecule has 7 heteroatoms. The molecule has 25 heavy (non-hydrogen) atoms. The third-order valence-electron chi connectivity index (χ3n) is 4.33. The molecule has 0 aliphatic carbocycles. The van der Waals surface area contributed by atoms with Gasteiger partial charge in [-0.25, -0.2) is 8.42 Å². The summed E-state index contributed by atoms with van der Waals surface area (Å²) in [5.41, 5.74) is 2.04. The number of methoxy groups -OCH3 is 1. The first kappa shape index (κ1) is 17.3. The van der Waals surface area contributed by atoms with E-state index in [4.69, 9.17) is 9.84 Å². The summed E-state index contributed by atoms with van der Waals surface area (Å²) in [6.45, 7) is 2.32. The number of hydrogen-bond acceptors (Lipinski definition) is 4. The number of anilines is 1. The molecular weight excluding hydrogens is 342 g/mol. The van der Waals surface area contributed by atoms with E-state index in [0.717, 1.165) is 5.56 Å². The average molecular weight is 361 g/mol. The second kappa shape index (κ2) is 6.40. The Morgan fingerprint density at radius 2 is 2.00 bits per heavy atom. The molecule has 1 N–H and O–H groups in total. The van der Waals surface area contributed by atoms with Gasteiger partial charge in [0.25, 0.3) is 10.0 Å². The van der Waals surface area contributed by atoms with Crippen molar-refractivity contribution in [2.45, 2.75) is 24.2 Å². The van der Waals surface area contributed by atoms with Crippen LogP contribution in [0.25, 0.3) is 0 Å². The number of ether oxygens (including phenoxy) is 1. The molecule has 0 saturated heterocycles. The lowest BCUT2D eigenvalue weighted by molar-refractivity contribution is -0.136. The van der Waals surface area contributed by atoms with Gasteiger partial charge in [-0.2, -0.15) is 0 Å². The second-order valence-electron chi connectivity index (χ2n) is 6.05. The Hall–Kier alpha value is -2.54. The van der Waals surface area contributed by atoms with E-state index in [1.165, 1.54) is 23.5 Å². The topological polar surface area (TPSA) is 83.9 Å². The zero-order valence-corrected chi connectivity index (χ0v) is 14.8. The van der Waals surface area contributed by atoms with Gasteiger partial charge in [0.05, 0.1) is 19.2 Å². The van der Waals surface area contributed by atoms with Crippen molar-refractivity contribution in [2.75, 3.05) is 18.0 Å². The monoisotopic (exact) mass is 361 g/mol. The van der Waals surface area contributed by atoms with Crippen molar-refractivity contribution < 1.29 is 23.1 Å². The molecule has 0 spiro atoms. The van der Waals surface area contributed by atoms with Crippen LogP contribution in [0.1, 0.15) is 24.0 Å². The van der Waals surface area contributed by atoms with Gasteiger partial charge in [-0.3, -0.25) is 9.10 Å². The summed E-state index contributed by atoms with van der Waals surface area (Å²) < 4.78 is 33.1. The molecule has 3 rings (SSSR count). The maximum Gasteiger partial charge on any atom is 0.307 e. The summed E-state index contributed by atoms with van der Waals surface area (Å²) in [5, 5.41) is 8.97. The van der Waals surface area contributed by atoms with Gasteiger partial charge >= 0.3 is 5.97 Å². The van der Waals surface area contributed by atoms with E-state index < -0.39 is 16.0 Å². The van der Waals surface area contributed by atoms with Crippen LogP contribution in [0.2, 0.25) is 0 Å². The van der Waals surface area contributed by atoms with Gasteiger partial charge in [0, 0.05) is 12.5 Å². The number of hydrogen-bond donors (Lipinski definition) is 1. The molecule has 1 atom stereocenters. The number of benzene rings is 2. The van der Waals surface area contributed by atoms with Crippen LogP contribution >= 0.6 is 0 Å². The van der Waals surface area contributed by atoms with Crippen LogP contribution in [0, 0.1) is 0 Å². The van der Waals surface area contributed by atoms with Gasteiger partial charge in [-0.1, -0.05) is 31.2 Å². The summed E-state index contributed by atoms with van der Waals surface area (Å²) in [4.78, 5) is 10.9. The zero-order chi connectivity index (χ0) is 18.2. The predicted molar refractivity (Wildman–Crippen MR) is 93.7 cm³/mol. The van der Waals surface area contributed by atoms with Crippen molar-refractivity contribution in [3.05, 3.63) is 53.6 Å². The minimum absolute atomic E-state index is 0.0161. The molecule has 132 valence electrons. The molecule has 2 aromatic carbocycles. The lowest BCUT2D eigenvalue weighted by Crippen LogP contribution is -2.30. The number of carboxylic acid groups (broad SMARTS) is 1. The largest absolute Gasteiger partial charge is 0.495 e. The minimum Gasteiger partial charge on any atom is -0.495 e. The average Bonchev–Trinajstić information content (AvgIpc) is 2.92. The molecule has 0 saturated carbocycles. The second-order valence-corrected chi connectivity index (χ2v) is 7.88. The smallest absolute Gasteiger partial charge is 0.307 e. The lowest BCUT2D eigenvalue weighted by atomic mass is 10.0. The van der Waals surface area contributed by atoms with Gasteiger partial charge in [0.1, 0.15) is 10.6 Å². The number of nitrogens with zero attached hydrogens (tertiary/aromatic N) is 1. The fourth-order valence-electron chi connectivity index (χ4n) is 3.13. The molecule has 1 heterocycles. The van der Waals surface area contributed by atoms with Crippen LogP contribution < -0.4 is 9.04 Å². The van der Waals surface area contributed by atoms with Crippen molar-refractivity contribution in [1.29, 1.82) is 0 Å². The number of aliphatic carboxylic acids is 1. The van der Waals surface area contributed by atoms with Gasteiger partial charge < -0.3 is 9.84 Å². The van der Waals surface area contributed by atoms with Crippen LogP contribution in [-0.4, -0.2) is 33.1 Å². The highest BCUT2D eigenvalue weighted by Gasteiger charge is 2.36. The maximum atomic E-state index is 13.3. The fraction of sp³-hybridized carbons (Fsp3) is 0.278. The first-order chi connectivity index (χ1) is 11.8. The van der Waals surface area contributed by atoms with E-state index >= 15 is 0 Å². The van der Waals surface area contributed by atoms with Crippen LogP contribution in [0.3, 0.4) is 0 Å². The van der Waals surface area contributed by atoms with Crippen LogP contribution in [0.5, 0.6) is 5.75 Å². The van der Waals surface area contributed by atoms with E-state index in [2.05, 4.69) is 0 Å². The normalized spacial score (nSPS) is 16.6. The van der Waals surface area contributed by atoms with Gasteiger partial charge in [0.15, 0.2) is 0 Å². The van der Waals surface area contributed by atoms with Crippen molar-refractivity contribution in [3.63, 3.8) is 0 Å². The Balaban J connectivity index is 2.10. The summed E-state index contributed by atoms with van der Waals surface area (Å²) in [6.07, 6.45) is -0.250.